The van der Waals surface area contributed by atoms with E-state index in [1.165, 1.54) is 0 Å². The first-order valence-corrected chi connectivity index (χ1v) is 8.13. The molecule has 1 aromatic carbocycles. The van der Waals surface area contributed by atoms with E-state index < -0.39 is 6.04 Å². The van der Waals surface area contributed by atoms with Crippen molar-refractivity contribution in [1.29, 1.82) is 0 Å². The van der Waals surface area contributed by atoms with Gasteiger partial charge in [0.25, 0.3) is 0 Å². The predicted octanol–water partition coefficient (Wildman–Crippen LogP) is 1.06. The van der Waals surface area contributed by atoms with Gasteiger partial charge >= 0.3 is 0 Å². The van der Waals surface area contributed by atoms with Crippen LogP contribution in [0.2, 0.25) is 0 Å². The highest BCUT2D eigenvalue weighted by Gasteiger charge is 2.35. The van der Waals surface area contributed by atoms with Crippen LogP contribution in [0.1, 0.15) is 24.8 Å². The van der Waals surface area contributed by atoms with Crippen LogP contribution < -0.4 is 14.8 Å². The minimum Gasteiger partial charge on any atom is -0.454 e. The van der Waals surface area contributed by atoms with Crippen molar-refractivity contribution in [2.24, 2.45) is 0 Å². The standard InChI is InChI=1S/C17H22N2O5/c1-22-8-2-7-18-17(21)13-4-6-16(20)19(13)10-12-3-5-14-15(9-12)24-11-23-14/h3,5,9,13H,2,4,6-8,10-11H2,1H3,(H,18,21)/t13-/m1/s1. The van der Waals surface area contributed by atoms with Crippen LogP contribution in [0.5, 0.6) is 11.5 Å². The first-order valence-electron chi connectivity index (χ1n) is 8.13. The zero-order valence-corrected chi connectivity index (χ0v) is 13.7. The molecule has 1 saturated heterocycles. The maximum Gasteiger partial charge on any atom is 0.242 e. The number of hydrogen-bond acceptors (Lipinski definition) is 5. The summed E-state index contributed by atoms with van der Waals surface area (Å²) in [5.41, 5.74) is 0.923. The molecule has 2 aliphatic rings. The molecule has 3 rings (SSSR count). The molecule has 0 unspecified atom stereocenters. The highest BCUT2D eigenvalue weighted by atomic mass is 16.7. The van der Waals surface area contributed by atoms with Gasteiger partial charge in [-0.25, -0.2) is 0 Å². The summed E-state index contributed by atoms with van der Waals surface area (Å²) in [6.07, 6.45) is 1.71. The van der Waals surface area contributed by atoms with Gasteiger partial charge in [-0.3, -0.25) is 9.59 Å². The van der Waals surface area contributed by atoms with Crippen molar-refractivity contribution in [3.05, 3.63) is 23.8 Å². The Morgan fingerprint density at radius 2 is 2.21 bits per heavy atom. The normalized spacial score (nSPS) is 19.0. The molecule has 0 aromatic heterocycles. The Kier molecular flexibility index (Phi) is 5.20. The quantitative estimate of drug-likeness (QED) is 0.755. The lowest BCUT2D eigenvalue weighted by molar-refractivity contribution is -0.135. The van der Waals surface area contributed by atoms with E-state index in [-0.39, 0.29) is 18.6 Å². The highest BCUT2D eigenvalue weighted by molar-refractivity contribution is 5.90. The number of benzene rings is 1. The third-order valence-electron chi connectivity index (χ3n) is 4.25. The average Bonchev–Trinajstić information content (AvgIpc) is 3.18. The summed E-state index contributed by atoms with van der Waals surface area (Å²) in [5, 5.41) is 2.88. The summed E-state index contributed by atoms with van der Waals surface area (Å²) in [7, 11) is 1.63. The smallest absolute Gasteiger partial charge is 0.242 e. The Balaban J connectivity index is 1.62. The number of fused-ring (bicyclic) bond motifs is 1. The molecule has 7 nitrogen and oxygen atoms in total. The Hall–Kier alpha value is -2.28. The molecule has 1 fully saturated rings. The van der Waals surface area contributed by atoms with Crippen molar-refractivity contribution >= 4 is 11.8 Å². The molecule has 2 amide bonds. The van der Waals surface area contributed by atoms with Crippen LogP contribution in [0.4, 0.5) is 0 Å². The van der Waals surface area contributed by atoms with Gasteiger partial charge in [-0.05, 0) is 30.5 Å². The van der Waals surface area contributed by atoms with Crippen molar-refractivity contribution in [2.45, 2.75) is 31.8 Å². The van der Waals surface area contributed by atoms with E-state index >= 15 is 0 Å². The second-order valence-electron chi connectivity index (χ2n) is 5.90. The molecule has 0 aliphatic carbocycles. The van der Waals surface area contributed by atoms with E-state index in [0.29, 0.717) is 44.0 Å². The summed E-state index contributed by atoms with van der Waals surface area (Å²) in [4.78, 5) is 26.2. The number of nitrogens with zero attached hydrogens (tertiary/aromatic N) is 1. The van der Waals surface area contributed by atoms with Crippen LogP contribution in [0.15, 0.2) is 18.2 Å². The Morgan fingerprint density at radius 3 is 3.04 bits per heavy atom. The van der Waals surface area contributed by atoms with Crippen LogP contribution in [0.3, 0.4) is 0 Å². The SMILES string of the molecule is COCCCNC(=O)[C@H]1CCC(=O)N1Cc1ccc2c(c1)OCO2. The summed E-state index contributed by atoms with van der Waals surface area (Å²) in [6, 6.07) is 5.18. The fourth-order valence-corrected chi connectivity index (χ4v) is 2.99. The molecule has 1 N–H and O–H groups in total. The molecule has 1 atom stereocenters. The van der Waals surface area contributed by atoms with Gasteiger partial charge in [-0.15, -0.1) is 0 Å². The van der Waals surface area contributed by atoms with Crippen LogP contribution in [0, 0.1) is 0 Å². The third kappa shape index (κ3) is 3.62. The fraction of sp³-hybridized carbons (Fsp3) is 0.529. The number of likely N-dealkylation sites (tertiary alicyclic amines) is 1. The first kappa shape index (κ1) is 16.6. The Morgan fingerprint density at radius 1 is 1.38 bits per heavy atom. The second kappa shape index (κ2) is 7.53. The molecule has 0 spiro atoms. The zero-order valence-electron chi connectivity index (χ0n) is 13.7. The lowest BCUT2D eigenvalue weighted by Gasteiger charge is -2.24. The fourth-order valence-electron chi connectivity index (χ4n) is 2.99. The number of methoxy groups -OCH3 is 1. The average molecular weight is 334 g/mol. The number of hydrogen-bond donors (Lipinski definition) is 1. The lowest BCUT2D eigenvalue weighted by Crippen LogP contribution is -2.44. The van der Waals surface area contributed by atoms with Gasteiger partial charge in [0.05, 0.1) is 0 Å². The lowest BCUT2D eigenvalue weighted by atomic mass is 10.1. The number of carbonyl (C=O) groups is 2. The maximum atomic E-state index is 12.4. The molecule has 0 saturated carbocycles. The van der Waals surface area contributed by atoms with Gasteiger partial charge in [0.2, 0.25) is 18.6 Å². The van der Waals surface area contributed by atoms with Crippen LogP contribution in [0.25, 0.3) is 0 Å². The summed E-state index contributed by atoms with van der Waals surface area (Å²) < 4.78 is 15.6. The molecule has 1 aromatic rings. The van der Waals surface area contributed by atoms with E-state index in [0.717, 1.165) is 12.0 Å². The topological polar surface area (TPSA) is 77.1 Å². The maximum absolute atomic E-state index is 12.4. The number of carbonyl (C=O) groups excluding carboxylic acids is 2. The second-order valence-corrected chi connectivity index (χ2v) is 5.90. The van der Waals surface area contributed by atoms with Gasteiger partial charge in [0.15, 0.2) is 11.5 Å². The van der Waals surface area contributed by atoms with Gasteiger partial charge in [-0.2, -0.15) is 0 Å². The van der Waals surface area contributed by atoms with E-state index in [1.54, 1.807) is 12.0 Å². The number of amides is 2. The molecule has 2 aliphatic heterocycles. The van der Waals surface area contributed by atoms with Gasteiger partial charge in [0.1, 0.15) is 6.04 Å². The van der Waals surface area contributed by atoms with Gasteiger partial charge in [0, 0.05) is 33.2 Å². The van der Waals surface area contributed by atoms with E-state index in [1.807, 2.05) is 18.2 Å². The molecule has 24 heavy (non-hydrogen) atoms. The van der Waals surface area contributed by atoms with Crippen molar-refractivity contribution in [2.75, 3.05) is 27.1 Å². The Labute approximate surface area is 140 Å². The molecule has 2 heterocycles. The number of rotatable bonds is 7. The summed E-state index contributed by atoms with van der Waals surface area (Å²) in [6.45, 7) is 1.76. The van der Waals surface area contributed by atoms with E-state index in [4.69, 9.17) is 14.2 Å². The van der Waals surface area contributed by atoms with Crippen LogP contribution in [-0.2, 0) is 20.9 Å². The molecule has 0 bridgehead atoms. The van der Waals surface area contributed by atoms with Crippen LogP contribution >= 0.6 is 0 Å². The highest BCUT2D eigenvalue weighted by Crippen LogP contribution is 2.33. The van der Waals surface area contributed by atoms with E-state index in [2.05, 4.69) is 5.32 Å². The van der Waals surface area contributed by atoms with Crippen molar-refractivity contribution in [1.82, 2.24) is 10.2 Å². The van der Waals surface area contributed by atoms with Crippen molar-refractivity contribution < 1.29 is 23.8 Å². The Bertz CT molecular complexity index is 619. The molecular weight excluding hydrogens is 312 g/mol. The zero-order chi connectivity index (χ0) is 16.9. The minimum atomic E-state index is -0.412. The van der Waals surface area contributed by atoms with Gasteiger partial charge < -0.3 is 24.4 Å². The predicted molar refractivity (Wildman–Crippen MR) is 85.6 cm³/mol. The van der Waals surface area contributed by atoms with E-state index in [9.17, 15) is 9.59 Å². The van der Waals surface area contributed by atoms with Crippen molar-refractivity contribution in [3.8, 4) is 11.5 Å². The molecule has 7 heteroatoms. The van der Waals surface area contributed by atoms with Crippen molar-refractivity contribution in [3.63, 3.8) is 0 Å². The molecular formula is C17H22N2O5. The number of ether oxygens (including phenoxy) is 3. The summed E-state index contributed by atoms with van der Waals surface area (Å²) in [5.74, 6) is 1.29. The first-order chi connectivity index (χ1) is 11.7. The monoisotopic (exact) mass is 334 g/mol. The number of nitrogens with one attached hydrogen (secondary N) is 1. The minimum absolute atomic E-state index is 0.00436. The third-order valence-corrected chi connectivity index (χ3v) is 4.25. The van der Waals surface area contributed by atoms with Gasteiger partial charge in [-0.1, -0.05) is 6.07 Å². The molecule has 130 valence electrons. The summed E-state index contributed by atoms with van der Waals surface area (Å²) >= 11 is 0. The largest absolute Gasteiger partial charge is 0.454 e. The van der Waals surface area contributed by atoms with Crippen LogP contribution in [-0.4, -0.2) is 49.8 Å². The molecule has 0 radical (unpaired) electrons.